The van der Waals surface area contributed by atoms with Crippen molar-refractivity contribution in [3.63, 3.8) is 0 Å². The van der Waals surface area contributed by atoms with Crippen molar-refractivity contribution in [1.29, 1.82) is 0 Å². The lowest BCUT2D eigenvalue weighted by Crippen LogP contribution is -2.65. The van der Waals surface area contributed by atoms with E-state index in [1.54, 1.807) is 11.3 Å². The molecule has 0 bridgehead atoms. The Morgan fingerprint density at radius 3 is 1.73 bits per heavy atom. The topological polar surface area (TPSA) is 55.4 Å². The zero-order valence-corrected chi connectivity index (χ0v) is 35.3. The van der Waals surface area contributed by atoms with E-state index in [9.17, 15) is 0 Å². The van der Waals surface area contributed by atoms with Gasteiger partial charge >= 0.3 is 0 Å². The monoisotopic (exact) mass is 836 g/mol. The maximum Gasteiger partial charge on any atom is 0.226 e. The summed E-state index contributed by atoms with van der Waals surface area (Å²) in [4.78, 5) is 0. The van der Waals surface area contributed by atoms with Crippen molar-refractivity contribution in [2.45, 2.75) is 83.0 Å². The molecule has 1 aromatic heterocycles. The van der Waals surface area contributed by atoms with Crippen LogP contribution in [0.25, 0.3) is 10.1 Å². The number of rotatable bonds is 16. The number of aryl methyl sites for hydroxylation is 1. The van der Waals surface area contributed by atoms with Crippen molar-refractivity contribution in [2.75, 3.05) is 6.61 Å². The highest BCUT2D eigenvalue weighted by Gasteiger charge is 2.61. The van der Waals surface area contributed by atoms with Crippen molar-refractivity contribution in [3.05, 3.63) is 212 Å². The summed E-state index contributed by atoms with van der Waals surface area (Å²) >= 11 is 8.71. The Balaban J connectivity index is 1.15. The molecule has 0 unspecified atom stereocenters. The minimum absolute atomic E-state index is 0.233. The first-order chi connectivity index (χ1) is 29.6. The molecular formula is C52H49ClO6S. The number of fused-ring (bicyclic) bond motifs is 3. The Kier molecular flexibility index (Phi) is 12.9. The molecule has 6 aromatic carbocycles. The van der Waals surface area contributed by atoms with Crippen LogP contribution in [-0.4, -0.2) is 31.0 Å². The molecule has 1 spiro atoms. The predicted molar refractivity (Wildman–Crippen MR) is 238 cm³/mol. The molecule has 60 heavy (non-hydrogen) atoms. The second-order valence-electron chi connectivity index (χ2n) is 15.6. The van der Waals surface area contributed by atoms with E-state index in [4.69, 9.17) is 40.0 Å². The summed E-state index contributed by atoms with van der Waals surface area (Å²) in [5, 5.41) is 1.08. The largest absolute Gasteiger partial charge is 0.374 e. The third-order valence-corrected chi connectivity index (χ3v) is 13.0. The van der Waals surface area contributed by atoms with Crippen LogP contribution in [0.3, 0.4) is 0 Å². The number of hydrogen-bond donors (Lipinski definition) is 0. The Labute approximate surface area is 361 Å². The number of ether oxygens (including phenoxy) is 6. The van der Waals surface area contributed by atoms with Crippen molar-refractivity contribution in [1.82, 2.24) is 0 Å². The zero-order valence-electron chi connectivity index (χ0n) is 33.7. The molecule has 5 atom stereocenters. The molecule has 2 aliphatic heterocycles. The molecule has 1 fully saturated rings. The van der Waals surface area contributed by atoms with E-state index >= 15 is 0 Å². The first kappa shape index (κ1) is 40.7. The number of halogens is 1. The van der Waals surface area contributed by atoms with Gasteiger partial charge in [0, 0.05) is 16.7 Å². The molecular weight excluding hydrogens is 788 g/mol. The summed E-state index contributed by atoms with van der Waals surface area (Å²) in [6.07, 6.45) is -0.871. The van der Waals surface area contributed by atoms with E-state index in [-0.39, 0.29) is 6.61 Å². The Bertz CT molecular complexity index is 2440. The highest BCUT2D eigenvalue weighted by Crippen LogP contribution is 2.51. The molecule has 0 aliphatic carbocycles. The normalized spacial score (nSPS) is 21.1. The van der Waals surface area contributed by atoms with Gasteiger partial charge in [0.05, 0.1) is 44.0 Å². The van der Waals surface area contributed by atoms with Gasteiger partial charge in [-0.05, 0) is 68.4 Å². The van der Waals surface area contributed by atoms with Gasteiger partial charge in [0.2, 0.25) is 5.79 Å². The van der Waals surface area contributed by atoms with Crippen LogP contribution in [0.1, 0.15) is 57.0 Å². The number of hydrogen-bond acceptors (Lipinski definition) is 7. The smallest absolute Gasteiger partial charge is 0.226 e. The first-order valence-corrected chi connectivity index (χ1v) is 22.0. The summed E-state index contributed by atoms with van der Waals surface area (Å²) in [7, 11) is 0. The molecule has 0 N–H and O–H groups in total. The summed E-state index contributed by atoms with van der Waals surface area (Å²) < 4.78 is 44.0. The van der Waals surface area contributed by atoms with Gasteiger partial charge in [-0.25, -0.2) is 0 Å². The summed E-state index contributed by atoms with van der Waals surface area (Å²) in [6.45, 7) is 4.15. The van der Waals surface area contributed by atoms with Crippen molar-refractivity contribution >= 4 is 33.0 Å². The average Bonchev–Trinajstić information content (AvgIpc) is 3.80. The molecule has 9 rings (SSSR count). The van der Waals surface area contributed by atoms with Gasteiger partial charge in [-0.15, -0.1) is 11.3 Å². The number of thiophene rings is 1. The average molecular weight is 837 g/mol. The molecule has 3 heterocycles. The lowest BCUT2D eigenvalue weighted by atomic mass is 9.86. The Hall–Kier alpha value is -4.67. The van der Waals surface area contributed by atoms with E-state index in [0.717, 1.165) is 59.8 Å². The maximum absolute atomic E-state index is 7.42. The third-order valence-electron chi connectivity index (χ3n) is 11.5. The van der Waals surface area contributed by atoms with Crippen LogP contribution in [-0.2, 0) is 80.1 Å². The first-order valence-electron chi connectivity index (χ1n) is 20.8. The zero-order chi connectivity index (χ0) is 40.7. The molecule has 6 nitrogen and oxygen atoms in total. The SMILES string of the molecule is CCc1ccc(Cc2c(Cl)sc3cc4c(cc23)[C@]2(OC4)O[C@H](COCc3ccccc3)[C@@H](OCc3ccccc3)[C@H](OCc3ccccc3)[C@H]2OCc2ccccc2)cc1. The van der Waals surface area contributed by atoms with Gasteiger partial charge in [0.15, 0.2) is 0 Å². The molecule has 0 radical (unpaired) electrons. The molecule has 2 aliphatic rings. The summed E-state index contributed by atoms with van der Waals surface area (Å²) in [5.41, 5.74) is 9.73. The Morgan fingerprint density at radius 2 is 1.15 bits per heavy atom. The fraction of sp³-hybridized carbons (Fsp3) is 0.269. The van der Waals surface area contributed by atoms with E-state index < -0.39 is 30.2 Å². The summed E-state index contributed by atoms with van der Waals surface area (Å²) in [5.74, 6) is -1.36. The van der Waals surface area contributed by atoms with E-state index in [1.807, 2.05) is 72.8 Å². The van der Waals surface area contributed by atoms with Crippen LogP contribution < -0.4 is 0 Å². The Morgan fingerprint density at radius 1 is 0.617 bits per heavy atom. The fourth-order valence-corrected chi connectivity index (χ4v) is 9.75. The van der Waals surface area contributed by atoms with Gasteiger partial charge in [0.25, 0.3) is 0 Å². The lowest BCUT2D eigenvalue weighted by Gasteiger charge is -2.51. The van der Waals surface area contributed by atoms with Gasteiger partial charge in [0.1, 0.15) is 24.4 Å². The van der Waals surface area contributed by atoms with Crippen LogP contribution in [0.4, 0.5) is 0 Å². The second kappa shape index (κ2) is 18.9. The molecule has 0 saturated carbocycles. The lowest BCUT2D eigenvalue weighted by molar-refractivity contribution is -0.387. The fourth-order valence-electron chi connectivity index (χ4n) is 8.34. The molecule has 1 saturated heterocycles. The van der Waals surface area contributed by atoms with Crippen LogP contribution >= 0.6 is 22.9 Å². The minimum atomic E-state index is -1.36. The van der Waals surface area contributed by atoms with Gasteiger partial charge < -0.3 is 28.4 Å². The van der Waals surface area contributed by atoms with Crippen molar-refractivity contribution in [3.8, 4) is 0 Å². The van der Waals surface area contributed by atoms with Crippen molar-refractivity contribution in [2.24, 2.45) is 0 Å². The van der Waals surface area contributed by atoms with Crippen LogP contribution in [0.2, 0.25) is 4.34 Å². The number of benzene rings is 6. The molecule has 8 heteroatoms. The van der Waals surface area contributed by atoms with Crippen molar-refractivity contribution < 1.29 is 28.4 Å². The van der Waals surface area contributed by atoms with Crippen LogP contribution in [0.5, 0.6) is 0 Å². The van der Waals surface area contributed by atoms with E-state index in [1.165, 1.54) is 11.1 Å². The molecule has 7 aromatic rings. The predicted octanol–water partition coefficient (Wildman–Crippen LogP) is 11.8. The van der Waals surface area contributed by atoms with Gasteiger partial charge in [-0.1, -0.05) is 164 Å². The maximum atomic E-state index is 7.42. The molecule has 306 valence electrons. The van der Waals surface area contributed by atoms with Gasteiger partial charge in [-0.2, -0.15) is 0 Å². The standard InChI is InChI=1S/C52H49ClO6S/c1-2-36-23-25-37(26-24-36)27-44-43-29-45-42(28-47(43)60-51(44)53)34-58-52(45)50(57-33-41-21-13-6-14-22-41)49(56-32-40-19-11-5-12-20-40)48(55-31-39-17-9-4-10-18-39)46(59-52)35-54-30-38-15-7-3-8-16-38/h3-26,28-29,46,48-50H,2,27,30-35H2,1H3/t46-,48-,49+,50-,52+/m1/s1. The van der Waals surface area contributed by atoms with Crippen LogP contribution in [0.15, 0.2) is 158 Å². The van der Waals surface area contributed by atoms with Gasteiger partial charge in [-0.3, -0.25) is 0 Å². The highest BCUT2D eigenvalue weighted by molar-refractivity contribution is 7.23. The second-order valence-corrected chi connectivity index (χ2v) is 17.2. The summed E-state index contributed by atoms with van der Waals surface area (Å²) in [6, 6.07) is 54.1. The highest BCUT2D eigenvalue weighted by atomic mass is 35.5. The third kappa shape index (κ3) is 9.01. The quantitative estimate of drug-likeness (QED) is 0.0966. The minimum Gasteiger partial charge on any atom is -0.374 e. The molecule has 0 amide bonds. The van der Waals surface area contributed by atoms with E-state index in [2.05, 4.69) is 91.9 Å². The van der Waals surface area contributed by atoms with E-state index in [0.29, 0.717) is 39.5 Å². The van der Waals surface area contributed by atoms with Crippen LogP contribution in [0, 0.1) is 0 Å².